The van der Waals surface area contributed by atoms with E-state index in [9.17, 15) is 0 Å². The number of rotatable bonds is 2. The molecule has 2 aliphatic rings. The summed E-state index contributed by atoms with van der Waals surface area (Å²) in [5, 5.41) is 6.48. The van der Waals surface area contributed by atoms with E-state index in [1.165, 1.54) is 5.71 Å². The first-order chi connectivity index (χ1) is 7.65. The monoisotopic (exact) mass is 226 g/mol. The minimum atomic E-state index is -0.286. The van der Waals surface area contributed by atoms with Crippen LogP contribution in [0.4, 0.5) is 0 Å². The lowest BCUT2D eigenvalue weighted by Gasteiger charge is -2.37. The highest BCUT2D eigenvalue weighted by molar-refractivity contribution is 5.87. The zero-order valence-corrected chi connectivity index (χ0v) is 10.5. The van der Waals surface area contributed by atoms with Crippen LogP contribution in [0.15, 0.2) is 5.10 Å². The average Bonchev–Trinajstić information content (AvgIpc) is 2.69. The number of nitrogens with zero attached hydrogens (tertiary/aromatic N) is 2. The summed E-state index contributed by atoms with van der Waals surface area (Å²) in [5.74, 6) is 0.223. The van der Waals surface area contributed by atoms with Crippen molar-refractivity contribution in [3.8, 4) is 0 Å². The normalized spacial score (nSPS) is 31.2. The molecule has 1 saturated carbocycles. The summed E-state index contributed by atoms with van der Waals surface area (Å²) >= 11 is 0. The minimum absolute atomic E-state index is 0.286. The van der Waals surface area contributed by atoms with Crippen molar-refractivity contribution in [1.29, 1.82) is 0 Å². The quantitative estimate of drug-likeness (QED) is 0.674. The predicted octanol–water partition coefficient (Wildman–Crippen LogP) is 1.86. The van der Waals surface area contributed by atoms with Gasteiger partial charge in [0.25, 0.3) is 0 Å². The van der Waals surface area contributed by atoms with Crippen LogP contribution in [-0.4, -0.2) is 43.8 Å². The lowest BCUT2D eigenvalue weighted by molar-refractivity contribution is -0.174. The van der Waals surface area contributed by atoms with Gasteiger partial charge in [-0.05, 0) is 12.8 Å². The molecule has 2 fully saturated rings. The van der Waals surface area contributed by atoms with Crippen molar-refractivity contribution in [1.82, 2.24) is 5.01 Å². The molecule has 1 aliphatic heterocycles. The van der Waals surface area contributed by atoms with Gasteiger partial charge in [0.1, 0.15) is 0 Å². The maximum Gasteiger partial charge on any atom is 0.169 e. The Hall–Kier alpha value is -0.610. The van der Waals surface area contributed by atoms with Crippen LogP contribution < -0.4 is 0 Å². The third kappa shape index (κ3) is 2.38. The zero-order valence-electron chi connectivity index (χ0n) is 10.5. The van der Waals surface area contributed by atoms with Gasteiger partial charge >= 0.3 is 0 Å². The summed E-state index contributed by atoms with van der Waals surface area (Å²) in [6.07, 6.45) is 4.03. The summed E-state index contributed by atoms with van der Waals surface area (Å²) in [6, 6.07) is 0. The second-order valence-corrected chi connectivity index (χ2v) is 4.86. The maximum atomic E-state index is 5.78. The maximum absolute atomic E-state index is 5.78. The van der Waals surface area contributed by atoms with Gasteiger partial charge in [-0.3, -0.25) is 0 Å². The molecule has 0 radical (unpaired) electrons. The van der Waals surface area contributed by atoms with Crippen LogP contribution in [0.25, 0.3) is 0 Å². The highest BCUT2D eigenvalue weighted by Crippen LogP contribution is 2.38. The van der Waals surface area contributed by atoms with Gasteiger partial charge in [0.05, 0.1) is 13.2 Å². The van der Waals surface area contributed by atoms with E-state index in [0.717, 1.165) is 38.9 Å². The third-order valence-corrected chi connectivity index (χ3v) is 3.43. The zero-order chi connectivity index (χ0) is 11.6. The fraction of sp³-hybridized carbons (Fsp3) is 0.917. The number of hydrogen-bond acceptors (Lipinski definition) is 4. The lowest BCUT2D eigenvalue weighted by Crippen LogP contribution is -2.40. The van der Waals surface area contributed by atoms with Crippen molar-refractivity contribution in [3.63, 3.8) is 0 Å². The van der Waals surface area contributed by atoms with Crippen LogP contribution in [0.1, 0.15) is 32.6 Å². The van der Waals surface area contributed by atoms with Gasteiger partial charge in [-0.15, -0.1) is 0 Å². The van der Waals surface area contributed by atoms with Crippen LogP contribution in [0.2, 0.25) is 0 Å². The molecule has 1 aliphatic carbocycles. The highest BCUT2D eigenvalue weighted by Gasteiger charge is 2.43. The van der Waals surface area contributed by atoms with Gasteiger partial charge in [0, 0.05) is 38.6 Å². The highest BCUT2D eigenvalue weighted by atomic mass is 16.7. The van der Waals surface area contributed by atoms with Crippen molar-refractivity contribution in [2.24, 2.45) is 11.0 Å². The molecule has 0 aromatic heterocycles. The molecule has 1 spiro atoms. The molecule has 4 heteroatoms. The molecule has 1 heterocycles. The van der Waals surface area contributed by atoms with Crippen LogP contribution in [0.5, 0.6) is 0 Å². The Morgan fingerprint density at radius 2 is 2.06 bits per heavy atom. The summed E-state index contributed by atoms with van der Waals surface area (Å²) in [7, 11) is 3.96. The van der Waals surface area contributed by atoms with Crippen molar-refractivity contribution in [3.05, 3.63) is 0 Å². The first-order valence-electron chi connectivity index (χ1n) is 6.18. The molecule has 0 amide bonds. The SMILES string of the molecule is CCC1CC2(CC/C1=N\N(C)C)OCCO2. The molecule has 92 valence electrons. The molecule has 2 rings (SSSR count). The average molecular weight is 226 g/mol. The summed E-state index contributed by atoms with van der Waals surface area (Å²) in [6.45, 7) is 3.71. The van der Waals surface area contributed by atoms with E-state index in [1.54, 1.807) is 0 Å². The van der Waals surface area contributed by atoms with Crippen molar-refractivity contribution >= 4 is 5.71 Å². The Morgan fingerprint density at radius 3 is 2.62 bits per heavy atom. The second kappa shape index (κ2) is 4.72. The smallest absolute Gasteiger partial charge is 0.169 e. The molecule has 1 atom stereocenters. The van der Waals surface area contributed by atoms with Crippen molar-refractivity contribution in [2.45, 2.75) is 38.4 Å². The van der Waals surface area contributed by atoms with E-state index in [0.29, 0.717) is 5.92 Å². The van der Waals surface area contributed by atoms with E-state index in [-0.39, 0.29) is 5.79 Å². The molecule has 1 unspecified atom stereocenters. The molecule has 16 heavy (non-hydrogen) atoms. The Bertz CT molecular complexity index is 270. The fourth-order valence-corrected chi connectivity index (χ4v) is 2.65. The van der Waals surface area contributed by atoms with E-state index in [2.05, 4.69) is 12.0 Å². The summed E-state index contributed by atoms with van der Waals surface area (Å²) in [4.78, 5) is 0. The molecular formula is C12H22N2O2. The number of hydrogen-bond donors (Lipinski definition) is 0. The van der Waals surface area contributed by atoms with Crippen LogP contribution in [-0.2, 0) is 9.47 Å². The van der Waals surface area contributed by atoms with E-state index < -0.39 is 0 Å². The van der Waals surface area contributed by atoms with Crippen molar-refractivity contribution < 1.29 is 9.47 Å². The van der Waals surface area contributed by atoms with E-state index >= 15 is 0 Å². The summed E-state index contributed by atoms with van der Waals surface area (Å²) < 4.78 is 11.6. The van der Waals surface area contributed by atoms with Gasteiger partial charge in [-0.2, -0.15) is 5.10 Å². The lowest BCUT2D eigenvalue weighted by atomic mass is 9.81. The molecule has 1 saturated heterocycles. The Morgan fingerprint density at radius 1 is 1.38 bits per heavy atom. The Balaban J connectivity index is 2.07. The minimum Gasteiger partial charge on any atom is -0.347 e. The number of ether oxygens (including phenoxy) is 2. The van der Waals surface area contributed by atoms with Gasteiger partial charge in [-0.1, -0.05) is 6.92 Å². The molecule has 0 bridgehead atoms. The van der Waals surface area contributed by atoms with Crippen LogP contribution in [0.3, 0.4) is 0 Å². The Kier molecular flexibility index (Phi) is 3.50. The molecular weight excluding hydrogens is 204 g/mol. The molecule has 4 nitrogen and oxygen atoms in total. The van der Waals surface area contributed by atoms with Crippen molar-refractivity contribution in [2.75, 3.05) is 27.3 Å². The second-order valence-electron chi connectivity index (χ2n) is 4.86. The fourth-order valence-electron chi connectivity index (χ4n) is 2.65. The van der Waals surface area contributed by atoms with E-state index in [4.69, 9.17) is 9.47 Å². The largest absolute Gasteiger partial charge is 0.347 e. The molecule has 0 N–H and O–H groups in total. The van der Waals surface area contributed by atoms with Gasteiger partial charge in [0.15, 0.2) is 5.79 Å². The van der Waals surface area contributed by atoms with Gasteiger partial charge in [-0.25, -0.2) is 0 Å². The van der Waals surface area contributed by atoms with Crippen LogP contribution >= 0.6 is 0 Å². The standard InChI is InChI=1S/C12H22N2O2/c1-4-10-9-12(15-7-8-16-12)6-5-11(10)13-14(2)3/h10H,4-9H2,1-3H3/b13-11+. The third-order valence-electron chi connectivity index (χ3n) is 3.43. The first-order valence-corrected chi connectivity index (χ1v) is 6.18. The summed E-state index contributed by atoms with van der Waals surface area (Å²) in [5.41, 5.74) is 1.30. The predicted molar refractivity (Wildman–Crippen MR) is 63.4 cm³/mol. The van der Waals surface area contributed by atoms with Crippen LogP contribution in [0, 0.1) is 5.92 Å². The van der Waals surface area contributed by atoms with Gasteiger partial charge in [0.2, 0.25) is 0 Å². The molecule has 0 aromatic carbocycles. The van der Waals surface area contributed by atoms with E-state index in [1.807, 2.05) is 19.1 Å². The van der Waals surface area contributed by atoms with Gasteiger partial charge < -0.3 is 14.5 Å². The Labute approximate surface area is 97.6 Å². The number of hydrazone groups is 1. The topological polar surface area (TPSA) is 34.1 Å². The first kappa shape index (κ1) is 11.9. The molecule has 0 aromatic rings.